The van der Waals surface area contributed by atoms with Gasteiger partial charge in [-0.3, -0.25) is 0 Å². The van der Waals surface area contributed by atoms with Crippen LogP contribution in [-0.2, 0) is 14.8 Å². The third-order valence-electron chi connectivity index (χ3n) is 6.12. The van der Waals surface area contributed by atoms with E-state index in [1.54, 1.807) is 19.9 Å². The Morgan fingerprint density at radius 3 is 2.68 bits per heavy atom. The molecule has 4 rings (SSSR count). The monoisotopic (exact) mass is 513 g/mol. The van der Waals surface area contributed by atoms with E-state index in [9.17, 15) is 23.0 Å². The average molecular weight is 514 g/mol. The Morgan fingerprint density at radius 1 is 1.26 bits per heavy atom. The molecule has 2 heterocycles. The number of hydrogen-bond acceptors (Lipinski definition) is 8. The number of sulfonamides is 1. The van der Waals surface area contributed by atoms with Crippen molar-refractivity contribution in [3.63, 3.8) is 0 Å². The molecule has 0 saturated heterocycles. The molecule has 4 N–H and O–H groups in total. The minimum absolute atomic E-state index is 0.0458. The number of ether oxygens (including phenoxy) is 2. The van der Waals surface area contributed by atoms with Crippen molar-refractivity contribution >= 4 is 27.5 Å². The number of hydrazone groups is 1. The van der Waals surface area contributed by atoms with Crippen LogP contribution in [0.25, 0.3) is 0 Å². The summed E-state index contributed by atoms with van der Waals surface area (Å²) in [5.41, 5.74) is 4.25. The van der Waals surface area contributed by atoms with Crippen molar-refractivity contribution in [2.24, 2.45) is 5.10 Å². The van der Waals surface area contributed by atoms with Gasteiger partial charge in [0, 0.05) is 17.9 Å². The maximum atomic E-state index is 14.9. The van der Waals surface area contributed by atoms with Gasteiger partial charge in [-0.25, -0.2) is 18.2 Å². The molecule has 9 nitrogen and oxygen atoms in total. The van der Waals surface area contributed by atoms with E-state index in [1.165, 1.54) is 18.2 Å². The van der Waals surface area contributed by atoms with Gasteiger partial charge in [0.1, 0.15) is 22.5 Å². The second-order valence-electron chi connectivity index (χ2n) is 8.28. The van der Waals surface area contributed by atoms with Gasteiger partial charge in [0.2, 0.25) is 15.9 Å². The SMILES string of the molecule is Cc1ccc(F)c([C@@H](C)[C@H](NS(=O)(=O)c2ccc(Cl)c3c2OCCC3O)C2=NNC(O)O2)c1C. The maximum absolute atomic E-state index is 14.9. The molecule has 0 radical (unpaired) electrons. The molecular weight excluding hydrogens is 489 g/mol. The van der Waals surface area contributed by atoms with Crippen molar-refractivity contribution in [2.45, 2.75) is 56.6 Å². The lowest BCUT2D eigenvalue weighted by atomic mass is 9.88. The summed E-state index contributed by atoms with van der Waals surface area (Å²) in [5.74, 6) is -1.50. The van der Waals surface area contributed by atoms with E-state index < -0.39 is 40.3 Å². The van der Waals surface area contributed by atoms with Crippen LogP contribution in [-0.4, -0.2) is 43.6 Å². The number of hydrogen-bond donors (Lipinski definition) is 4. The first-order valence-electron chi connectivity index (χ1n) is 10.6. The van der Waals surface area contributed by atoms with Gasteiger partial charge < -0.3 is 19.7 Å². The van der Waals surface area contributed by atoms with Crippen LogP contribution >= 0.6 is 11.6 Å². The highest BCUT2D eigenvalue weighted by Gasteiger charge is 2.38. The molecule has 4 atom stereocenters. The van der Waals surface area contributed by atoms with Gasteiger partial charge in [-0.2, -0.15) is 4.72 Å². The summed E-state index contributed by atoms with van der Waals surface area (Å²) in [6.45, 7) is 5.30. The Labute approximate surface area is 201 Å². The van der Waals surface area contributed by atoms with Gasteiger partial charge in [-0.05, 0) is 48.7 Å². The topological polar surface area (TPSA) is 129 Å². The summed E-state index contributed by atoms with van der Waals surface area (Å²) in [7, 11) is -4.32. The van der Waals surface area contributed by atoms with Crippen LogP contribution < -0.4 is 14.9 Å². The predicted molar refractivity (Wildman–Crippen MR) is 123 cm³/mol. The number of rotatable bonds is 6. The Balaban J connectivity index is 1.78. The first-order chi connectivity index (χ1) is 16.0. The van der Waals surface area contributed by atoms with Crippen molar-refractivity contribution in [3.05, 3.63) is 57.4 Å². The van der Waals surface area contributed by atoms with Crippen molar-refractivity contribution in [2.75, 3.05) is 6.61 Å². The van der Waals surface area contributed by atoms with E-state index in [0.29, 0.717) is 5.56 Å². The largest absolute Gasteiger partial charge is 0.492 e. The van der Waals surface area contributed by atoms with Gasteiger partial charge in [0.05, 0.1) is 17.7 Å². The number of fused-ring (bicyclic) bond motifs is 1. The number of aliphatic hydroxyl groups is 2. The molecule has 2 unspecified atom stereocenters. The van der Waals surface area contributed by atoms with Gasteiger partial charge in [0.15, 0.2) is 0 Å². The second-order valence-corrected chi connectivity index (χ2v) is 10.4. The zero-order valence-electron chi connectivity index (χ0n) is 18.7. The lowest BCUT2D eigenvalue weighted by Crippen LogP contribution is -2.45. The van der Waals surface area contributed by atoms with Crippen LogP contribution in [0.15, 0.2) is 34.3 Å². The number of aliphatic hydroxyl groups excluding tert-OH is 2. The van der Waals surface area contributed by atoms with E-state index in [4.69, 9.17) is 21.1 Å². The van der Waals surface area contributed by atoms with E-state index >= 15 is 0 Å². The summed E-state index contributed by atoms with van der Waals surface area (Å²) in [4.78, 5) is -0.239. The molecule has 184 valence electrons. The smallest absolute Gasteiger partial charge is 0.295 e. The van der Waals surface area contributed by atoms with Gasteiger partial charge in [0.25, 0.3) is 6.41 Å². The summed E-state index contributed by atoms with van der Waals surface area (Å²) in [6, 6.07) is 4.40. The Hall–Kier alpha value is -2.44. The molecule has 34 heavy (non-hydrogen) atoms. The van der Waals surface area contributed by atoms with Crippen LogP contribution in [0.1, 0.15) is 47.6 Å². The van der Waals surface area contributed by atoms with Crippen molar-refractivity contribution in [1.82, 2.24) is 10.1 Å². The molecule has 2 aliphatic rings. The predicted octanol–water partition coefficient (Wildman–Crippen LogP) is 2.57. The quantitative estimate of drug-likeness (QED) is 0.467. The highest BCUT2D eigenvalue weighted by Crippen LogP contribution is 2.42. The van der Waals surface area contributed by atoms with Gasteiger partial charge in [-0.1, -0.05) is 24.6 Å². The molecule has 0 amide bonds. The van der Waals surface area contributed by atoms with Crippen LogP contribution in [0.2, 0.25) is 5.02 Å². The summed E-state index contributed by atoms with van der Waals surface area (Å²) in [6.07, 6.45) is -2.19. The minimum atomic E-state index is -4.32. The lowest BCUT2D eigenvalue weighted by molar-refractivity contribution is -0.0359. The molecule has 2 aliphatic heterocycles. The first kappa shape index (κ1) is 24.7. The Morgan fingerprint density at radius 2 is 2.00 bits per heavy atom. The molecule has 0 bridgehead atoms. The standard InChI is InChI=1S/C22H25ClFN3O6S/c1-10-4-6-14(24)17(11(10)2)12(3)19(21-25-26-22(29)33-21)27-34(30,31)16-7-5-13(23)18-15(28)8-9-32-20(16)18/h4-7,12,15,19,22,26-29H,8-9H2,1-3H3/t12-,15?,19+,22?/m1/s1. The highest BCUT2D eigenvalue weighted by atomic mass is 35.5. The van der Waals surface area contributed by atoms with E-state index in [1.807, 2.05) is 6.92 Å². The molecule has 0 fully saturated rings. The molecule has 0 spiro atoms. The fourth-order valence-electron chi connectivity index (χ4n) is 4.20. The zero-order valence-corrected chi connectivity index (χ0v) is 20.2. The number of nitrogens with one attached hydrogen (secondary N) is 2. The van der Waals surface area contributed by atoms with Gasteiger partial charge in [-0.15, -0.1) is 5.10 Å². The first-order valence-corrected chi connectivity index (χ1v) is 12.5. The van der Waals surface area contributed by atoms with Crippen molar-refractivity contribution in [3.8, 4) is 5.75 Å². The fourth-order valence-corrected chi connectivity index (χ4v) is 5.90. The van der Waals surface area contributed by atoms with E-state index in [2.05, 4.69) is 15.2 Å². The molecular formula is C22H25ClFN3O6S. The molecule has 0 aromatic heterocycles. The average Bonchev–Trinajstić information content (AvgIpc) is 3.21. The number of halogens is 2. The molecule has 0 saturated carbocycles. The fraction of sp³-hybridized carbons (Fsp3) is 0.409. The zero-order chi connectivity index (χ0) is 24.8. The third kappa shape index (κ3) is 4.46. The van der Waals surface area contributed by atoms with Crippen LogP contribution in [0.3, 0.4) is 0 Å². The molecule has 2 aromatic rings. The lowest BCUT2D eigenvalue weighted by Gasteiger charge is -2.28. The summed E-state index contributed by atoms with van der Waals surface area (Å²) in [5, 5.41) is 24.1. The molecule has 2 aromatic carbocycles. The summed E-state index contributed by atoms with van der Waals surface area (Å²) < 4.78 is 55.3. The van der Waals surface area contributed by atoms with Crippen molar-refractivity contribution in [1.29, 1.82) is 0 Å². The second kappa shape index (κ2) is 9.31. The number of aryl methyl sites for hydroxylation is 1. The highest BCUT2D eigenvalue weighted by molar-refractivity contribution is 7.89. The van der Waals surface area contributed by atoms with E-state index in [-0.39, 0.29) is 45.7 Å². The van der Waals surface area contributed by atoms with Gasteiger partial charge >= 0.3 is 0 Å². The molecule has 0 aliphatic carbocycles. The van der Waals surface area contributed by atoms with Crippen LogP contribution in [0, 0.1) is 19.7 Å². The number of nitrogens with zero attached hydrogens (tertiary/aromatic N) is 1. The normalized spacial score (nSPS) is 21.6. The Kier molecular flexibility index (Phi) is 6.76. The van der Waals surface area contributed by atoms with Crippen molar-refractivity contribution < 1.29 is 32.5 Å². The third-order valence-corrected chi connectivity index (χ3v) is 7.92. The summed E-state index contributed by atoms with van der Waals surface area (Å²) >= 11 is 6.19. The van der Waals surface area contributed by atoms with E-state index in [0.717, 1.165) is 5.56 Å². The van der Waals surface area contributed by atoms with Crippen LogP contribution in [0.4, 0.5) is 4.39 Å². The molecule has 12 heteroatoms. The Bertz CT molecular complexity index is 1260. The minimum Gasteiger partial charge on any atom is -0.492 e. The maximum Gasteiger partial charge on any atom is 0.295 e. The number of benzene rings is 2. The van der Waals surface area contributed by atoms with Crippen LogP contribution in [0.5, 0.6) is 5.75 Å².